The Morgan fingerprint density at radius 3 is 2.11 bits per heavy atom. The van der Waals surface area contributed by atoms with Crippen LogP contribution in [0.2, 0.25) is 0 Å². The first-order valence-corrected chi connectivity index (χ1v) is 8.77. The molecule has 158 valence electrons. The van der Waals surface area contributed by atoms with Crippen molar-refractivity contribution in [1.82, 2.24) is 0 Å². The maximum absolute atomic E-state index is 12.2. The third kappa shape index (κ3) is 6.06. The molecule has 0 radical (unpaired) electrons. The van der Waals surface area contributed by atoms with E-state index in [1.165, 1.54) is 0 Å². The van der Waals surface area contributed by atoms with Crippen molar-refractivity contribution in [2.24, 2.45) is 0 Å². The van der Waals surface area contributed by atoms with Crippen molar-refractivity contribution < 1.29 is 50.1 Å². The van der Waals surface area contributed by atoms with Crippen LogP contribution in [0.5, 0.6) is 17.2 Å². The van der Waals surface area contributed by atoms with Crippen LogP contribution in [0.3, 0.4) is 0 Å². The summed E-state index contributed by atoms with van der Waals surface area (Å²) in [6, 6.07) is 1.52. The van der Waals surface area contributed by atoms with Crippen molar-refractivity contribution in [3.63, 3.8) is 0 Å². The predicted molar refractivity (Wildman–Crippen MR) is 94.9 cm³/mol. The van der Waals surface area contributed by atoms with Gasteiger partial charge in [-0.05, 0) is 18.6 Å². The summed E-state index contributed by atoms with van der Waals surface area (Å²) in [6.07, 6.45) is -5.66. The first-order chi connectivity index (χ1) is 13.1. The monoisotopic (exact) mass is 402 g/mol. The second kappa shape index (κ2) is 10.8. The molecule has 0 saturated heterocycles. The normalized spacial score (nSPS) is 15.5. The number of esters is 1. The number of rotatable bonds is 11. The summed E-state index contributed by atoms with van der Waals surface area (Å²) in [5.74, 6) is -4.48. The zero-order valence-electron chi connectivity index (χ0n) is 15.4. The van der Waals surface area contributed by atoms with Crippen molar-refractivity contribution in [2.45, 2.75) is 57.0 Å². The Bertz CT molecular complexity index is 651. The number of phenolic OH excluding ortho intramolecular Hbond substituents is 3. The van der Waals surface area contributed by atoms with E-state index in [1.807, 2.05) is 6.92 Å². The zero-order chi connectivity index (χ0) is 21.4. The number of Topliss-reactive ketones (excluding diaryl/α,β-unsaturated/α-hetero) is 1. The minimum atomic E-state index is -2.03. The molecule has 10 nitrogen and oxygen atoms in total. The van der Waals surface area contributed by atoms with Gasteiger partial charge in [-0.15, -0.1) is 0 Å². The lowest BCUT2D eigenvalue weighted by Gasteiger charge is -2.29. The van der Waals surface area contributed by atoms with E-state index in [0.717, 1.165) is 25.0 Å². The number of carbonyl (C=O) groups is 2. The number of benzene rings is 1. The number of carbonyl (C=O) groups excluding carboxylic acids is 2. The van der Waals surface area contributed by atoms with E-state index in [2.05, 4.69) is 0 Å². The van der Waals surface area contributed by atoms with Crippen LogP contribution in [0.4, 0.5) is 0 Å². The number of aromatic hydroxyl groups is 3. The molecule has 0 aliphatic carbocycles. The molecule has 0 heterocycles. The average molecular weight is 402 g/mol. The molecular formula is C18H26O10. The van der Waals surface area contributed by atoms with E-state index < -0.39 is 65.6 Å². The van der Waals surface area contributed by atoms with Gasteiger partial charge < -0.3 is 40.5 Å². The number of aliphatic hydroxyl groups is 4. The topological polar surface area (TPSA) is 185 Å². The van der Waals surface area contributed by atoms with Crippen LogP contribution >= 0.6 is 0 Å². The van der Waals surface area contributed by atoms with Gasteiger partial charge in [-0.25, -0.2) is 4.79 Å². The van der Waals surface area contributed by atoms with E-state index >= 15 is 0 Å². The highest BCUT2D eigenvalue weighted by atomic mass is 16.6. The maximum atomic E-state index is 12.2. The van der Waals surface area contributed by atoms with Crippen LogP contribution in [0, 0.1) is 0 Å². The molecule has 0 aliphatic rings. The molecule has 4 atom stereocenters. The highest BCUT2D eigenvalue weighted by molar-refractivity contribution is 5.91. The average Bonchev–Trinajstić information content (AvgIpc) is 2.67. The number of hydrogen-bond donors (Lipinski definition) is 7. The Morgan fingerprint density at radius 1 is 1.04 bits per heavy atom. The fourth-order valence-corrected chi connectivity index (χ4v) is 2.46. The Morgan fingerprint density at radius 2 is 1.61 bits per heavy atom. The van der Waals surface area contributed by atoms with Crippen LogP contribution in [0.1, 0.15) is 43.0 Å². The minimum absolute atomic E-state index is 0.0261. The summed E-state index contributed by atoms with van der Waals surface area (Å²) in [5, 5.41) is 67.4. The molecule has 10 heteroatoms. The number of ether oxygens (including phenoxy) is 1. The molecule has 0 saturated carbocycles. The van der Waals surface area contributed by atoms with Gasteiger partial charge in [0.2, 0.25) is 0 Å². The van der Waals surface area contributed by atoms with Crippen molar-refractivity contribution in [3.05, 3.63) is 17.7 Å². The molecule has 0 spiro atoms. The Kier molecular flexibility index (Phi) is 9.13. The van der Waals surface area contributed by atoms with Crippen molar-refractivity contribution >= 4 is 11.8 Å². The Hall–Kier alpha value is -2.40. The fraction of sp³-hybridized carbons (Fsp3) is 0.556. The van der Waals surface area contributed by atoms with Gasteiger partial charge in [-0.3, -0.25) is 4.79 Å². The van der Waals surface area contributed by atoms with Crippen molar-refractivity contribution in [3.8, 4) is 17.2 Å². The number of unbranched alkanes of at least 4 members (excludes halogenated alkanes) is 2. The molecule has 1 aromatic rings. The van der Waals surface area contributed by atoms with E-state index in [1.54, 1.807) is 0 Å². The number of aliphatic hydroxyl groups excluding tert-OH is 4. The molecule has 0 fully saturated rings. The Balaban J connectivity index is 2.96. The summed E-state index contributed by atoms with van der Waals surface area (Å²) in [4.78, 5) is 24.2. The van der Waals surface area contributed by atoms with Gasteiger partial charge in [0.25, 0.3) is 0 Å². The third-order valence-electron chi connectivity index (χ3n) is 4.13. The van der Waals surface area contributed by atoms with E-state index in [9.17, 15) is 40.2 Å². The predicted octanol–water partition coefficient (Wildman–Crippen LogP) is -0.447. The molecule has 0 aromatic heterocycles. The summed E-state index contributed by atoms with van der Waals surface area (Å²) in [6.45, 7) is 0.972. The minimum Gasteiger partial charge on any atom is -0.504 e. The number of phenols is 3. The lowest BCUT2D eigenvalue weighted by molar-refractivity contribution is -0.148. The highest BCUT2D eigenvalue weighted by Crippen LogP contribution is 2.35. The van der Waals surface area contributed by atoms with Gasteiger partial charge in [0, 0.05) is 6.42 Å². The molecule has 28 heavy (non-hydrogen) atoms. The quantitative estimate of drug-likeness (QED) is 0.145. The fourth-order valence-electron chi connectivity index (χ4n) is 2.46. The summed E-state index contributed by atoms with van der Waals surface area (Å²) in [5.41, 5.74) is -0.445. The third-order valence-corrected chi connectivity index (χ3v) is 4.13. The maximum Gasteiger partial charge on any atom is 0.338 e. The van der Waals surface area contributed by atoms with Crippen LogP contribution in [0.25, 0.3) is 0 Å². The molecule has 0 bridgehead atoms. The first-order valence-electron chi connectivity index (χ1n) is 8.77. The molecule has 7 N–H and O–H groups in total. The lowest BCUT2D eigenvalue weighted by atomic mass is 9.97. The van der Waals surface area contributed by atoms with Gasteiger partial charge in [-0.1, -0.05) is 19.8 Å². The number of hydrogen-bond acceptors (Lipinski definition) is 10. The largest absolute Gasteiger partial charge is 0.504 e. The SMILES string of the molecule is CCCCCC(=O)C(O)C(O)C(OC(=O)c1cc(O)c(O)c(O)c1)C(O)CO. The van der Waals surface area contributed by atoms with E-state index in [4.69, 9.17) is 9.84 Å². The standard InChI is InChI=1S/C18H26O10/c1-2-3-4-5-10(20)15(25)16(26)17(13(23)8-19)28-18(27)9-6-11(21)14(24)12(22)7-9/h6-7,13,15-17,19,21-26H,2-5,8H2,1H3. The summed E-state index contributed by atoms with van der Waals surface area (Å²) in [7, 11) is 0. The van der Waals surface area contributed by atoms with Crippen LogP contribution in [-0.2, 0) is 9.53 Å². The van der Waals surface area contributed by atoms with Crippen molar-refractivity contribution in [1.29, 1.82) is 0 Å². The molecule has 1 aromatic carbocycles. The highest BCUT2D eigenvalue weighted by Gasteiger charge is 2.38. The smallest absolute Gasteiger partial charge is 0.338 e. The molecule has 0 aliphatic heterocycles. The van der Waals surface area contributed by atoms with Crippen LogP contribution < -0.4 is 0 Å². The Labute approximate surface area is 161 Å². The first kappa shape index (κ1) is 23.6. The van der Waals surface area contributed by atoms with Gasteiger partial charge in [0.1, 0.15) is 18.3 Å². The van der Waals surface area contributed by atoms with Crippen LogP contribution in [-0.4, -0.2) is 78.5 Å². The summed E-state index contributed by atoms with van der Waals surface area (Å²) < 4.78 is 4.88. The molecule has 1 rings (SSSR count). The lowest BCUT2D eigenvalue weighted by Crippen LogP contribution is -2.50. The molecule has 0 amide bonds. The number of ketones is 1. The second-order valence-corrected chi connectivity index (χ2v) is 6.34. The van der Waals surface area contributed by atoms with E-state index in [-0.39, 0.29) is 6.42 Å². The van der Waals surface area contributed by atoms with Crippen LogP contribution in [0.15, 0.2) is 12.1 Å². The van der Waals surface area contributed by atoms with Gasteiger partial charge in [0.15, 0.2) is 29.1 Å². The molecular weight excluding hydrogens is 376 g/mol. The summed E-state index contributed by atoms with van der Waals surface area (Å²) >= 11 is 0. The van der Waals surface area contributed by atoms with Gasteiger partial charge >= 0.3 is 5.97 Å². The van der Waals surface area contributed by atoms with E-state index in [0.29, 0.717) is 6.42 Å². The second-order valence-electron chi connectivity index (χ2n) is 6.34. The zero-order valence-corrected chi connectivity index (χ0v) is 15.4. The van der Waals surface area contributed by atoms with Gasteiger partial charge in [-0.2, -0.15) is 0 Å². The molecule has 4 unspecified atom stereocenters. The van der Waals surface area contributed by atoms with Gasteiger partial charge in [0.05, 0.1) is 12.2 Å². The van der Waals surface area contributed by atoms with Crippen molar-refractivity contribution in [2.75, 3.05) is 6.61 Å².